The average Bonchev–Trinajstić information content (AvgIpc) is 3.24. The maximum absolute atomic E-state index is 12.4. The molecular weight excluding hydrogens is 384 g/mol. The third kappa shape index (κ3) is 3.96. The van der Waals surface area contributed by atoms with Gasteiger partial charge in [0.25, 0.3) is 11.1 Å². The molecule has 0 spiro atoms. The zero-order valence-electron chi connectivity index (χ0n) is 13.4. The quantitative estimate of drug-likeness (QED) is 0.710. The lowest BCUT2D eigenvalue weighted by Gasteiger charge is -2.25. The van der Waals surface area contributed by atoms with Crippen molar-refractivity contribution in [2.45, 2.75) is 12.5 Å². The smallest absolute Gasteiger partial charge is 0.294 e. The number of hydrogen-bond donors (Lipinski definition) is 0. The van der Waals surface area contributed by atoms with Crippen LogP contribution in [-0.4, -0.2) is 66.4 Å². The van der Waals surface area contributed by atoms with Crippen LogP contribution < -0.4 is 0 Å². The summed E-state index contributed by atoms with van der Waals surface area (Å²) in [6.45, 7) is -0.376. The van der Waals surface area contributed by atoms with Gasteiger partial charge >= 0.3 is 0 Å². The van der Waals surface area contributed by atoms with Gasteiger partial charge in [0, 0.05) is 18.0 Å². The van der Waals surface area contributed by atoms with Crippen LogP contribution in [0, 0.1) is 0 Å². The fraction of sp³-hybridized carbons (Fsp3) is 0.400. The van der Waals surface area contributed by atoms with E-state index >= 15 is 0 Å². The van der Waals surface area contributed by atoms with Crippen molar-refractivity contribution in [3.63, 3.8) is 0 Å². The highest BCUT2D eigenvalue weighted by molar-refractivity contribution is 8.18. The zero-order chi connectivity index (χ0) is 18.2. The number of sulfone groups is 1. The molecule has 134 valence electrons. The maximum Gasteiger partial charge on any atom is 0.294 e. The minimum atomic E-state index is -3.11. The lowest BCUT2D eigenvalue weighted by molar-refractivity contribution is -0.136. The van der Waals surface area contributed by atoms with E-state index < -0.39 is 32.9 Å². The monoisotopic (exact) mass is 400 g/mol. The van der Waals surface area contributed by atoms with Gasteiger partial charge in [0.15, 0.2) is 9.84 Å². The maximum atomic E-state index is 12.4. The minimum Gasteiger partial charge on any atom is -0.340 e. The van der Waals surface area contributed by atoms with E-state index in [9.17, 15) is 22.8 Å². The Hall–Kier alpha value is -1.65. The van der Waals surface area contributed by atoms with Gasteiger partial charge in [-0.25, -0.2) is 8.42 Å². The average molecular weight is 401 g/mol. The number of imide groups is 1. The molecule has 1 unspecified atom stereocenters. The lowest BCUT2D eigenvalue weighted by atomic mass is 10.2. The molecule has 0 radical (unpaired) electrons. The second-order valence-corrected chi connectivity index (χ2v) is 10.0. The zero-order valence-corrected chi connectivity index (χ0v) is 15.8. The molecule has 2 aliphatic rings. The first-order valence-corrected chi connectivity index (χ1v) is 11.0. The molecule has 1 atom stereocenters. The predicted octanol–water partition coefficient (Wildman–Crippen LogP) is 1.43. The molecule has 7 nitrogen and oxygen atoms in total. The molecule has 3 heterocycles. The van der Waals surface area contributed by atoms with Crippen molar-refractivity contribution in [1.82, 2.24) is 9.80 Å². The van der Waals surface area contributed by atoms with E-state index in [0.717, 1.165) is 21.5 Å². The van der Waals surface area contributed by atoms with E-state index in [-0.39, 0.29) is 23.0 Å². The van der Waals surface area contributed by atoms with Crippen LogP contribution >= 0.6 is 23.1 Å². The van der Waals surface area contributed by atoms with Crippen LogP contribution in [0.5, 0.6) is 0 Å². The Labute approximate surface area is 153 Å². The van der Waals surface area contributed by atoms with Gasteiger partial charge in [-0.05, 0) is 35.7 Å². The predicted molar refractivity (Wildman–Crippen MR) is 96.8 cm³/mol. The standard InChI is InChI=1S/C15H16N2O5S3/c1-16(10-4-6-25(21,22)9-10)13(18)8-17-14(19)12(24-15(17)20)7-11-3-2-5-23-11/h2-3,5,7,10H,4,6,8-9H2,1H3/b12-7+. The molecule has 1 aromatic rings. The van der Waals surface area contributed by atoms with E-state index in [0.29, 0.717) is 6.42 Å². The van der Waals surface area contributed by atoms with E-state index in [4.69, 9.17) is 0 Å². The molecule has 2 saturated heterocycles. The summed E-state index contributed by atoms with van der Waals surface area (Å²) in [5, 5.41) is 1.37. The molecule has 2 aliphatic heterocycles. The normalized spacial score (nSPS) is 24.3. The van der Waals surface area contributed by atoms with Gasteiger partial charge in [-0.1, -0.05) is 6.07 Å². The molecule has 3 rings (SSSR count). The van der Waals surface area contributed by atoms with E-state index in [1.807, 2.05) is 17.5 Å². The van der Waals surface area contributed by atoms with Crippen molar-refractivity contribution in [2.24, 2.45) is 0 Å². The Balaban J connectivity index is 1.67. The van der Waals surface area contributed by atoms with Crippen LogP contribution in [0.1, 0.15) is 11.3 Å². The summed E-state index contributed by atoms with van der Waals surface area (Å²) in [6.07, 6.45) is 2.01. The highest BCUT2D eigenvalue weighted by Crippen LogP contribution is 2.33. The molecular formula is C15H16N2O5S3. The van der Waals surface area contributed by atoms with Gasteiger partial charge in [0.05, 0.1) is 16.4 Å². The fourth-order valence-electron chi connectivity index (χ4n) is 2.67. The van der Waals surface area contributed by atoms with Gasteiger partial charge in [0.1, 0.15) is 6.54 Å². The van der Waals surface area contributed by atoms with Gasteiger partial charge in [-0.3, -0.25) is 19.3 Å². The van der Waals surface area contributed by atoms with Crippen molar-refractivity contribution >= 4 is 56.1 Å². The molecule has 25 heavy (non-hydrogen) atoms. The molecule has 0 aliphatic carbocycles. The molecule has 2 fully saturated rings. The Morgan fingerprint density at radius 3 is 2.80 bits per heavy atom. The lowest BCUT2D eigenvalue weighted by Crippen LogP contribution is -2.45. The number of carbonyl (C=O) groups excluding carboxylic acids is 3. The van der Waals surface area contributed by atoms with E-state index in [2.05, 4.69) is 0 Å². The first-order chi connectivity index (χ1) is 11.8. The summed E-state index contributed by atoms with van der Waals surface area (Å²) in [4.78, 5) is 40.2. The Kier molecular flexibility index (Phi) is 5.03. The SMILES string of the molecule is CN(C(=O)CN1C(=O)S/C(=C/c2cccs2)C1=O)C1CCS(=O)(=O)C1. The first-order valence-electron chi connectivity index (χ1n) is 7.52. The summed E-state index contributed by atoms with van der Waals surface area (Å²) < 4.78 is 23.1. The molecule has 0 bridgehead atoms. The van der Waals surface area contributed by atoms with Crippen LogP contribution in [0.4, 0.5) is 4.79 Å². The van der Waals surface area contributed by atoms with Gasteiger partial charge in [-0.2, -0.15) is 0 Å². The summed E-state index contributed by atoms with van der Waals surface area (Å²) in [5.41, 5.74) is 0. The van der Waals surface area contributed by atoms with Gasteiger partial charge < -0.3 is 4.90 Å². The molecule has 0 saturated carbocycles. The van der Waals surface area contributed by atoms with Crippen LogP contribution in [-0.2, 0) is 19.4 Å². The Morgan fingerprint density at radius 1 is 1.44 bits per heavy atom. The molecule has 0 N–H and O–H groups in total. The van der Waals surface area contributed by atoms with Crippen LogP contribution in [0.15, 0.2) is 22.4 Å². The van der Waals surface area contributed by atoms with Crippen molar-refractivity contribution in [3.8, 4) is 0 Å². The number of nitrogens with zero attached hydrogens (tertiary/aromatic N) is 2. The van der Waals surface area contributed by atoms with E-state index in [1.54, 1.807) is 6.08 Å². The third-order valence-electron chi connectivity index (χ3n) is 4.13. The van der Waals surface area contributed by atoms with Crippen molar-refractivity contribution in [3.05, 3.63) is 27.3 Å². The highest BCUT2D eigenvalue weighted by atomic mass is 32.2. The number of amides is 3. The largest absolute Gasteiger partial charge is 0.340 e. The Bertz CT molecular complexity index is 845. The number of carbonyl (C=O) groups is 3. The topological polar surface area (TPSA) is 91.8 Å². The van der Waals surface area contributed by atoms with Gasteiger partial charge in [-0.15, -0.1) is 11.3 Å². The van der Waals surface area contributed by atoms with Crippen molar-refractivity contribution in [2.75, 3.05) is 25.1 Å². The molecule has 10 heteroatoms. The highest BCUT2D eigenvalue weighted by Gasteiger charge is 2.39. The van der Waals surface area contributed by atoms with Crippen molar-refractivity contribution in [1.29, 1.82) is 0 Å². The molecule has 1 aromatic heterocycles. The summed E-state index contributed by atoms with van der Waals surface area (Å²) in [7, 11) is -1.61. The fourth-order valence-corrected chi connectivity index (χ4v) is 6.01. The van der Waals surface area contributed by atoms with Crippen molar-refractivity contribution < 1.29 is 22.8 Å². The number of thiophene rings is 1. The summed E-state index contributed by atoms with van der Waals surface area (Å²) in [6, 6.07) is 3.27. The molecule has 3 amide bonds. The Morgan fingerprint density at radius 2 is 2.20 bits per heavy atom. The summed E-state index contributed by atoms with van der Waals surface area (Å²) >= 11 is 2.25. The number of rotatable bonds is 4. The van der Waals surface area contributed by atoms with Crippen LogP contribution in [0.25, 0.3) is 6.08 Å². The number of hydrogen-bond acceptors (Lipinski definition) is 7. The van der Waals surface area contributed by atoms with Gasteiger partial charge in [0.2, 0.25) is 5.91 Å². The van der Waals surface area contributed by atoms with E-state index in [1.165, 1.54) is 23.3 Å². The second-order valence-electron chi connectivity index (χ2n) is 5.84. The number of likely N-dealkylation sites (N-methyl/N-ethyl adjacent to an activating group) is 1. The first kappa shape index (κ1) is 18.2. The molecule has 0 aromatic carbocycles. The minimum absolute atomic E-state index is 0.0560. The summed E-state index contributed by atoms with van der Waals surface area (Å²) in [5.74, 6) is -0.957. The number of thioether (sulfide) groups is 1. The van der Waals surface area contributed by atoms with Crippen LogP contribution in [0.3, 0.4) is 0 Å². The third-order valence-corrected chi connectivity index (χ3v) is 7.61. The second kappa shape index (κ2) is 6.93. The van der Waals surface area contributed by atoms with Crippen LogP contribution in [0.2, 0.25) is 0 Å².